The van der Waals surface area contributed by atoms with E-state index in [0.717, 1.165) is 28.8 Å². The van der Waals surface area contributed by atoms with E-state index in [4.69, 9.17) is 4.74 Å². The highest BCUT2D eigenvalue weighted by Crippen LogP contribution is 2.33. The van der Waals surface area contributed by atoms with Crippen molar-refractivity contribution in [2.75, 3.05) is 6.61 Å². The van der Waals surface area contributed by atoms with Crippen LogP contribution in [-0.2, 0) is 10.9 Å². The first-order valence-electron chi connectivity index (χ1n) is 8.74. The normalized spacial score (nSPS) is 11.5. The van der Waals surface area contributed by atoms with Gasteiger partial charge in [0.2, 0.25) is 5.78 Å². The molecule has 0 atom stereocenters. The number of non-ortho nitro benzene ring substituents is 1. The number of alkyl halides is 3. The van der Waals surface area contributed by atoms with Crippen LogP contribution in [0.15, 0.2) is 42.6 Å². The number of nitro benzene ring substituents is 1. The van der Waals surface area contributed by atoms with Gasteiger partial charge in [-0.1, -0.05) is 12.1 Å². The molecule has 0 radical (unpaired) electrons. The molecule has 1 aromatic carbocycles. The maximum atomic E-state index is 13.2. The number of pyridine rings is 1. The number of benzene rings is 1. The monoisotopic (exact) mass is 420 g/mol. The molecule has 0 aliphatic heterocycles. The minimum Gasteiger partial charge on any atom is -0.462 e. The number of rotatable bonds is 5. The fourth-order valence-electron chi connectivity index (χ4n) is 3.19. The summed E-state index contributed by atoms with van der Waals surface area (Å²) in [7, 11) is 0. The number of carbonyl (C=O) groups is 2. The van der Waals surface area contributed by atoms with Crippen molar-refractivity contribution in [1.29, 1.82) is 0 Å². The average molecular weight is 420 g/mol. The van der Waals surface area contributed by atoms with E-state index in [9.17, 15) is 32.9 Å². The Morgan fingerprint density at radius 3 is 2.50 bits per heavy atom. The summed E-state index contributed by atoms with van der Waals surface area (Å²) in [5, 5.41) is 11.0. The van der Waals surface area contributed by atoms with Crippen molar-refractivity contribution in [2.24, 2.45) is 0 Å². The number of halogens is 3. The molecule has 0 unspecified atom stereocenters. The van der Waals surface area contributed by atoms with E-state index < -0.39 is 28.4 Å². The van der Waals surface area contributed by atoms with Gasteiger partial charge < -0.3 is 9.14 Å². The molecule has 0 saturated heterocycles. The second-order valence-corrected chi connectivity index (χ2v) is 6.37. The molecule has 30 heavy (non-hydrogen) atoms. The standard InChI is InChI=1S/C20H15F3N2O5/c1-3-30-19(27)16-11(2)17(18(26)12-5-4-6-14(9-12)25(28)29)24-8-7-13(10-15(16)24)20(21,22)23/h4-10H,3H2,1-2H3. The van der Waals surface area contributed by atoms with Crippen LogP contribution < -0.4 is 0 Å². The van der Waals surface area contributed by atoms with Crippen molar-refractivity contribution < 1.29 is 32.4 Å². The van der Waals surface area contributed by atoms with E-state index >= 15 is 0 Å². The number of ketones is 1. The lowest BCUT2D eigenvalue weighted by Gasteiger charge is -2.09. The van der Waals surface area contributed by atoms with Crippen molar-refractivity contribution in [3.8, 4) is 0 Å². The Morgan fingerprint density at radius 1 is 1.20 bits per heavy atom. The lowest BCUT2D eigenvalue weighted by Crippen LogP contribution is -2.09. The topological polar surface area (TPSA) is 90.9 Å². The molecule has 0 saturated carbocycles. The summed E-state index contributed by atoms with van der Waals surface area (Å²) in [5.41, 5.74) is -1.63. The van der Waals surface area contributed by atoms with Gasteiger partial charge in [-0.3, -0.25) is 14.9 Å². The molecule has 7 nitrogen and oxygen atoms in total. The number of ether oxygens (including phenoxy) is 1. The van der Waals surface area contributed by atoms with E-state index in [-0.39, 0.29) is 40.2 Å². The zero-order valence-corrected chi connectivity index (χ0v) is 15.8. The summed E-state index contributed by atoms with van der Waals surface area (Å²) in [6.07, 6.45) is -3.62. The third-order valence-corrected chi connectivity index (χ3v) is 4.52. The van der Waals surface area contributed by atoms with Crippen LogP contribution >= 0.6 is 0 Å². The average Bonchev–Trinajstić information content (AvgIpc) is 2.98. The maximum absolute atomic E-state index is 13.2. The fraction of sp³-hybridized carbons (Fsp3) is 0.200. The Balaban J connectivity index is 2.28. The summed E-state index contributed by atoms with van der Waals surface area (Å²) in [6.45, 7) is 2.95. The quantitative estimate of drug-likeness (QED) is 0.261. The van der Waals surface area contributed by atoms with Gasteiger partial charge in [0.15, 0.2) is 0 Å². The molecule has 156 valence electrons. The number of hydrogen-bond acceptors (Lipinski definition) is 5. The smallest absolute Gasteiger partial charge is 0.416 e. The van der Waals surface area contributed by atoms with Gasteiger partial charge in [0.25, 0.3) is 5.69 Å². The lowest BCUT2D eigenvalue weighted by molar-refractivity contribution is -0.384. The Morgan fingerprint density at radius 2 is 1.90 bits per heavy atom. The van der Waals surface area contributed by atoms with Gasteiger partial charge in [-0.05, 0) is 31.5 Å². The molecule has 3 aromatic rings. The summed E-state index contributed by atoms with van der Waals surface area (Å²) in [6, 6.07) is 6.50. The number of nitrogens with zero attached hydrogens (tertiary/aromatic N) is 2. The largest absolute Gasteiger partial charge is 0.462 e. The van der Waals surface area contributed by atoms with Gasteiger partial charge in [-0.15, -0.1) is 0 Å². The summed E-state index contributed by atoms with van der Waals surface area (Å²) in [5.74, 6) is -1.55. The van der Waals surface area contributed by atoms with Gasteiger partial charge in [0.05, 0.1) is 33.9 Å². The maximum Gasteiger partial charge on any atom is 0.416 e. The van der Waals surface area contributed by atoms with Crippen LogP contribution in [0.25, 0.3) is 5.52 Å². The zero-order chi connectivity index (χ0) is 22.2. The Bertz CT molecular complexity index is 1180. The van der Waals surface area contributed by atoms with E-state index in [1.807, 2.05) is 0 Å². The highest BCUT2D eigenvalue weighted by atomic mass is 19.4. The van der Waals surface area contributed by atoms with Crippen molar-refractivity contribution >= 4 is 23.0 Å². The van der Waals surface area contributed by atoms with Gasteiger partial charge >= 0.3 is 12.1 Å². The SMILES string of the molecule is CCOC(=O)c1c(C)c(C(=O)c2cccc([N+](=O)[O-])c2)n2ccc(C(F)(F)F)cc12. The number of carbonyl (C=O) groups excluding carboxylic acids is 2. The van der Waals surface area contributed by atoms with Crippen LogP contribution in [0.3, 0.4) is 0 Å². The van der Waals surface area contributed by atoms with Gasteiger partial charge in [-0.2, -0.15) is 13.2 Å². The van der Waals surface area contributed by atoms with Crippen LogP contribution in [0.2, 0.25) is 0 Å². The zero-order valence-electron chi connectivity index (χ0n) is 15.8. The fourth-order valence-corrected chi connectivity index (χ4v) is 3.19. The molecule has 10 heteroatoms. The highest BCUT2D eigenvalue weighted by Gasteiger charge is 2.33. The second-order valence-electron chi connectivity index (χ2n) is 6.37. The summed E-state index contributed by atoms with van der Waals surface area (Å²) < 4.78 is 45.7. The minimum atomic E-state index is -4.66. The van der Waals surface area contributed by atoms with Crippen molar-refractivity contribution in [3.63, 3.8) is 0 Å². The number of esters is 1. The van der Waals surface area contributed by atoms with E-state index in [2.05, 4.69) is 0 Å². The van der Waals surface area contributed by atoms with Gasteiger partial charge in [-0.25, -0.2) is 4.79 Å². The molecule has 2 aromatic heterocycles. The molecular weight excluding hydrogens is 405 g/mol. The third-order valence-electron chi connectivity index (χ3n) is 4.52. The molecule has 0 bridgehead atoms. The van der Waals surface area contributed by atoms with Crippen molar-refractivity contribution in [1.82, 2.24) is 4.40 Å². The molecule has 0 amide bonds. The molecule has 0 aliphatic carbocycles. The number of fused-ring (bicyclic) bond motifs is 1. The highest BCUT2D eigenvalue weighted by molar-refractivity contribution is 6.13. The van der Waals surface area contributed by atoms with E-state index in [1.165, 1.54) is 25.1 Å². The van der Waals surface area contributed by atoms with Crippen molar-refractivity contribution in [2.45, 2.75) is 20.0 Å². The predicted octanol–water partition coefficient (Wildman–Crippen LogP) is 4.58. The van der Waals surface area contributed by atoms with E-state index in [0.29, 0.717) is 0 Å². The second kappa shape index (κ2) is 7.62. The minimum absolute atomic E-state index is 0.0112. The lowest BCUT2D eigenvalue weighted by atomic mass is 10.0. The number of nitro groups is 1. The molecule has 3 rings (SSSR count). The van der Waals surface area contributed by atoms with Crippen LogP contribution in [0.5, 0.6) is 0 Å². The predicted molar refractivity (Wildman–Crippen MR) is 99.6 cm³/mol. The molecule has 0 fully saturated rings. The van der Waals surface area contributed by atoms with Crippen LogP contribution in [0.1, 0.15) is 44.5 Å². The van der Waals surface area contributed by atoms with Crippen molar-refractivity contribution in [3.05, 3.63) is 80.7 Å². The Hall–Kier alpha value is -3.69. The molecule has 0 aliphatic rings. The van der Waals surface area contributed by atoms with Crippen LogP contribution in [0.4, 0.5) is 18.9 Å². The third kappa shape index (κ3) is 3.63. The first-order chi connectivity index (χ1) is 14.1. The molecule has 0 spiro atoms. The summed E-state index contributed by atoms with van der Waals surface area (Å²) >= 11 is 0. The molecule has 0 N–H and O–H groups in total. The van der Waals surface area contributed by atoms with Gasteiger partial charge in [0.1, 0.15) is 0 Å². The summed E-state index contributed by atoms with van der Waals surface area (Å²) in [4.78, 5) is 35.9. The number of aromatic nitrogens is 1. The molecular formula is C20H15F3N2O5. The first kappa shape index (κ1) is 21.0. The molecule has 2 heterocycles. The Kier molecular flexibility index (Phi) is 5.34. The van der Waals surface area contributed by atoms with Gasteiger partial charge in [0, 0.05) is 23.9 Å². The Labute approximate surface area is 167 Å². The van der Waals surface area contributed by atoms with Crippen LogP contribution in [0, 0.1) is 17.0 Å². The number of hydrogen-bond donors (Lipinski definition) is 0. The van der Waals surface area contributed by atoms with E-state index in [1.54, 1.807) is 6.92 Å². The first-order valence-corrected chi connectivity index (χ1v) is 8.74. The van der Waals surface area contributed by atoms with Crippen LogP contribution in [-0.4, -0.2) is 27.7 Å².